The highest BCUT2D eigenvalue weighted by Crippen LogP contribution is 2.22. The van der Waals surface area contributed by atoms with E-state index in [-0.39, 0.29) is 0 Å². The van der Waals surface area contributed by atoms with Gasteiger partial charge >= 0.3 is 11.3 Å². The van der Waals surface area contributed by atoms with Gasteiger partial charge in [-0.25, -0.2) is 9.59 Å². The van der Waals surface area contributed by atoms with Crippen molar-refractivity contribution in [2.75, 3.05) is 23.7 Å². The number of fused-ring (bicyclic) bond motifs is 2. The number of rotatable bonds is 5. The molecule has 26 heavy (non-hydrogen) atoms. The monoisotopic (exact) mass is 348 g/mol. The first-order valence-corrected chi connectivity index (χ1v) is 8.24. The molecule has 0 saturated heterocycles. The largest absolute Gasteiger partial charge is 0.423 e. The maximum absolute atomic E-state index is 11.7. The molecule has 0 amide bonds. The van der Waals surface area contributed by atoms with E-state index in [0.717, 1.165) is 22.1 Å². The van der Waals surface area contributed by atoms with E-state index < -0.39 is 11.3 Å². The summed E-state index contributed by atoms with van der Waals surface area (Å²) in [5, 5.41) is 8.17. The van der Waals surface area contributed by atoms with Gasteiger partial charge in [0, 0.05) is 36.0 Å². The molecule has 2 heterocycles. The first-order valence-electron chi connectivity index (χ1n) is 8.24. The lowest BCUT2D eigenvalue weighted by Gasteiger charge is -2.11. The minimum absolute atomic E-state index is 0.397. The van der Waals surface area contributed by atoms with E-state index in [1.807, 2.05) is 36.4 Å². The van der Waals surface area contributed by atoms with Crippen LogP contribution in [0.4, 0.5) is 11.4 Å². The van der Waals surface area contributed by atoms with Crippen LogP contribution in [0, 0.1) is 0 Å². The molecule has 0 aliphatic carbocycles. The summed E-state index contributed by atoms with van der Waals surface area (Å²) in [6, 6.07) is 17.6. The predicted molar refractivity (Wildman–Crippen MR) is 102 cm³/mol. The molecule has 0 atom stereocenters. The van der Waals surface area contributed by atoms with Crippen molar-refractivity contribution >= 4 is 33.3 Å². The molecule has 0 unspecified atom stereocenters. The van der Waals surface area contributed by atoms with Gasteiger partial charge in [-0.2, -0.15) is 0 Å². The molecule has 4 aromatic rings. The normalized spacial score (nSPS) is 10.9. The van der Waals surface area contributed by atoms with E-state index in [0.29, 0.717) is 24.3 Å². The average Bonchev–Trinajstić information content (AvgIpc) is 2.64. The third kappa shape index (κ3) is 3.17. The topological polar surface area (TPSA) is 84.5 Å². The molecule has 0 radical (unpaired) electrons. The summed E-state index contributed by atoms with van der Waals surface area (Å²) < 4.78 is 10.4. The second kappa shape index (κ2) is 6.76. The number of hydrogen-bond donors (Lipinski definition) is 2. The van der Waals surface area contributed by atoms with Crippen LogP contribution in [0.1, 0.15) is 0 Å². The Morgan fingerprint density at radius 3 is 1.54 bits per heavy atom. The molecule has 4 rings (SSSR count). The summed E-state index contributed by atoms with van der Waals surface area (Å²) >= 11 is 0. The summed E-state index contributed by atoms with van der Waals surface area (Å²) in [6.07, 6.45) is 0. The van der Waals surface area contributed by atoms with Crippen molar-refractivity contribution in [1.29, 1.82) is 0 Å². The lowest BCUT2D eigenvalue weighted by atomic mass is 10.2. The zero-order valence-corrected chi connectivity index (χ0v) is 13.8. The van der Waals surface area contributed by atoms with Crippen LogP contribution in [-0.2, 0) is 0 Å². The van der Waals surface area contributed by atoms with Crippen molar-refractivity contribution in [3.63, 3.8) is 0 Å². The highest BCUT2D eigenvalue weighted by molar-refractivity contribution is 5.90. The number of anilines is 2. The van der Waals surface area contributed by atoms with Crippen LogP contribution < -0.4 is 21.9 Å². The fraction of sp³-hybridized carbons (Fsp3) is 0.100. The highest BCUT2D eigenvalue weighted by atomic mass is 16.4. The van der Waals surface area contributed by atoms with Crippen molar-refractivity contribution < 1.29 is 8.83 Å². The van der Waals surface area contributed by atoms with Crippen LogP contribution in [-0.4, -0.2) is 13.1 Å². The average molecular weight is 348 g/mol. The third-order valence-electron chi connectivity index (χ3n) is 4.06. The summed E-state index contributed by atoms with van der Waals surface area (Å²) in [7, 11) is 0. The van der Waals surface area contributed by atoms with Gasteiger partial charge in [0.15, 0.2) is 0 Å². The first kappa shape index (κ1) is 16.0. The van der Waals surface area contributed by atoms with E-state index in [9.17, 15) is 9.59 Å². The van der Waals surface area contributed by atoms with Crippen molar-refractivity contribution in [2.24, 2.45) is 0 Å². The standard InChI is InChI=1S/C20H16N2O4/c23-19-11-15(13-5-1-3-7-17(13)25-19)21-9-10-22-16-12-20(24)26-18-8-4-2-6-14(16)18/h1-8,11-12,21-22H,9-10H2. The van der Waals surface area contributed by atoms with Gasteiger partial charge in [-0.05, 0) is 24.3 Å². The molecule has 0 bridgehead atoms. The van der Waals surface area contributed by atoms with Crippen LogP contribution in [0.15, 0.2) is 79.1 Å². The Bertz CT molecular complexity index is 1100. The molecule has 2 N–H and O–H groups in total. The summed E-state index contributed by atoms with van der Waals surface area (Å²) in [5.41, 5.74) is 1.73. The minimum atomic E-state index is -0.397. The van der Waals surface area contributed by atoms with Gasteiger partial charge in [0.2, 0.25) is 0 Å². The van der Waals surface area contributed by atoms with Crippen LogP contribution in [0.25, 0.3) is 21.9 Å². The number of para-hydroxylation sites is 2. The van der Waals surface area contributed by atoms with Crippen LogP contribution in [0.5, 0.6) is 0 Å². The predicted octanol–water partition coefficient (Wildman–Crippen LogP) is 3.42. The van der Waals surface area contributed by atoms with Crippen LogP contribution >= 0.6 is 0 Å². The van der Waals surface area contributed by atoms with Crippen LogP contribution in [0.2, 0.25) is 0 Å². The zero-order chi connectivity index (χ0) is 17.9. The third-order valence-corrected chi connectivity index (χ3v) is 4.06. The molecule has 0 aliphatic rings. The molecule has 0 saturated carbocycles. The Kier molecular flexibility index (Phi) is 4.15. The number of hydrogen-bond acceptors (Lipinski definition) is 6. The summed E-state index contributed by atoms with van der Waals surface area (Å²) in [5.74, 6) is 0. The summed E-state index contributed by atoms with van der Waals surface area (Å²) in [4.78, 5) is 23.3. The second-order valence-corrected chi connectivity index (χ2v) is 5.80. The highest BCUT2D eigenvalue weighted by Gasteiger charge is 2.06. The lowest BCUT2D eigenvalue weighted by Crippen LogP contribution is -2.16. The Morgan fingerprint density at radius 1 is 0.654 bits per heavy atom. The second-order valence-electron chi connectivity index (χ2n) is 5.80. The lowest BCUT2D eigenvalue weighted by molar-refractivity contribution is 0.561. The maximum atomic E-state index is 11.7. The molecule has 6 heteroatoms. The fourth-order valence-electron chi connectivity index (χ4n) is 2.91. The Hall–Kier alpha value is -3.54. The molecule has 0 spiro atoms. The fourth-order valence-corrected chi connectivity index (χ4v) is 2.91. The molecule has 0 fully saturated rings. The van der Waals surface area contributed by atoms with Gasteiger partial charge in [0.25, 0.3) is 0 Å². The molecule has 130 valence electrons. The van der Waals surface area contributed by atoms with Gasteiger partial charge in [-0.15, -0.1) is 0 Å². The molecular weight excluding hydrogens is 332 g/mol. The van der Waals surface area contributed by atoms with E-state index in [1.165, 1.54) is 12.1 Å². The number of nitrogens with one attached hydrogen (secondary N) is 2. The van der Waals surface area contributed by atoms with Gasteiger partial charge in [0.1, 0.15) is 11.2 Å². The van der Waals surface area contributed by atoms with Crippen molar-refractivity contribution in [3.05, 3.63) is 81.5 Å². The Morgan fingerprint density at radius 2 is 1.08 bits per heavy atom. The van der Waals surface area contributed by atoms with Gasteiger partial charge < -0.3 is 19.5 Å². The van der Waals surface area contributed by atoms with Gasteiger partial charge in [-0.1, -0.05) is 24.3 Å². The van der Waals surface area contributed by atoms with Crippen molar-refractivity contribution in [2.45, 2.75) is 0 Å². The van der Waals surface area contributed by atoms with Gasteiger partial charge in [0.05, 0.1) is 11.4 Å². The molecular formula is C20H16N2O4. The Balaban J connectivity index is 1.50. The summed E-state index contributed by atoms with van der Waals surface area (Å²) in [6.45, 7) is 1.12. The zero-order valence-electron chi connectivity index (χ0n) is 13.8. The quantitative estimate of drug-likeness (QED) is 0.425. The minimum Gasteiger partial charge on any atom is -0.423 e. The van der Waals surface area contributed by atoms with E-state index in [2.05, 4.69) is 10.6 Å². The van der Waals surface area contributed by atoms with Crippen molar-refractivity contribution in [1.82, 2.24) is 0 Å². The number of benzene rings is 2. The van der Waals surface area contributed by atoms with E-state index in [1.54, 1.807) is 12.1 Å². The van der Waals surface area contributed by atoms with Crippen LogP contribution in [0.3, 0.4) is 0 Å². The van der Waals surface area contributed by atoms with Crippen molar-refractivity contribution in [3.8, 4) is 0 Å². The first-order chi connectivity index (χ1) is 12.7. The van der Waals surface area contributed by atoms with E-state index in [4.69, 9.17) is 8.83 Å². The molecule has 6 nitrogen and oxygen atoms in total. The van der Waals surface area contributed by atoms with E-state index >= 15 is 0 Å². The Labute approximate surface area is 148 Å². The molecule has 2 aromatic heterocycles. The maximum Gasteiger partial charge on any atom is 0.338 e. The molecule has 0 aliphatic heterocycles. The molecule has 2 aromatic carbocycles. The van der Waals surface area contributed by atoms with Gasteiger partial charge in [-0.3, -0.25) is 0 Å². The SMILES string of the molecule is O=c1cc(NCCNc2cc(=O)oc3ccccc23)c2ccccc2o1. The smallest absolute Gasteiger partial charge is 0.338 e.